The Morgan fingerprint density at radius 3 is 2.65 bits per heavy atom. The smallest absolute Gasteiger partial charge is 0.123 e. The molecule has 0 bridgehead atoms. The second kappa shape index (κ2) is 12.5. The van der Waals surface area contributed by atoms with Crippen molar-refractivity contribution in [1.29, 1.82) is 0 Å². The third-order valence-corrected chi connectivity index (χ3v) is 12.4. The topological polar surface area (TPSA) is 25.4 Å². The molecule has 0 aromatic carbocycles. The van der Waals surface area contributed by atoms with Gasteiger partial charge in [0.1, 0.15) is 11.9 Å². The predicted octanol–water partition coefficient (Wildman–Crippen LogP) is 9.71. The van der Waals surface area contributed by atoms with Gasteiger partial charge in [0.25, 0.3) is 0 Å². The van der Waals surface area contributed by atoms with Crippen LogP contribution in [0.2, 0.25) is 0 Å². The maximum atomic E-state index is 6.64. The van der Waals surface area contributed by atoms with E-state index in [9.17, 15) is 0 Å². The first kappa shape index (κ1) is 30.1. The van der Waals surface area contributed by atoms with Gasteiger partial charge in [0, 0.05) is 25.2 Å². The van der Waals surface area contributed by atoms with Crippen molar-refractivity contribution >= 4 is 0 Å². The molecule has 1 aromatic heterocycles. The van der Waals surface area contributed by atoms with Gasteiger partial charge in [-0.3, -0.25) is 4.98 Å². The Bertz CT molecular complexity index is 1020. The van der Waals surface area contributed by atoms with Crippen LogP contribution in [0.1, 0.15) is 124 Å². The normalized spacial score (nSPS) is 36.1. The second-order valence-corrected chi connectivity index (χ2v) is 15.5. The van der Waals surface area contributed by atoms with Gasteiger partial charge in [0.05, 0.1) is 5.69 Å². The summed E-state index contributed by atoms with van der Waals surface area (Å²) in [5, 5.41) is 0. The lowest BCUT2D eigenvalue weighted by Gasteiger charge is -2.58. The number of ether oxygens (including phenoxy) is 1. The number of hydrogen-bond donors (Lipinski definition) is 0. The van der Waals surface area contributed by atoms with Crippen molar-refractivity contribution in [3.8, 4) is 5.75 Å². The lowest BCUT2D eigenvalue weighted by molar-refractivity contribution is -0.0559. The van der Waals surface area contributed by atoms with Crippen LogP contribution in [0.3, 0.4) is 0 Å². The molecular formula is C37H60N2O. The Balaban J connectivity index is 1.23. The number of aromatic nitrogens is 1. The SMILES string of the molecule is CCCN(C)Cc1cc(OC2CCC3(C)C(=CCC4[C@@H]3CCC3(C)[C@@H]([C@H](C)CCCC(C)C)CC[C@@H]43)C2)ccn1. The van der Waals surface area contributed by atoms with E-state index in [0.717, 1.165) is 66.5 Å². The Labute approximate surface area is 246 Å². The molecule has 8 atom stereocenters. The van der Waals surface area contributed by atoms with E-state index in [2.05, 4.69) is 76.7 Å². The van der Waals surface area contributed by atoms with Crippen molar-refractivity contribution in [1.82, 2.24) is 9.88 Å². The van der Waals surface area contributed by atoms with Gasteiger partial charge in [0.15, 0.2) is 0 Å². The highest BCUT2D eigenvalue weighted by Crippen LogP contribution is 2.67. The van der Waals surface area contributed by atoms with E-state index >= 15 is 0 Å². The van der Waals surface area contributed by atoms with Crippen molar-refractivity contribution in [3.05, 3.63) is 35.7 Å². The first-order valence-corrected chi connectivity index (χ1v) is 17.1. The monoisotopic (exact) mass is 548 g/mol. The van der Waals surface area contributed by atoms with Gasteiger partial charge >= 0.3 is 0 Å². The molecule has 0 N–H and O–H groups in total. The molecule has 4 unspecified atom stereocenters. The highest BCUT2D eigenvalue weighted by Gasteiger charge is 2.59. The van der Waals surface area contributed by atoms with Gasteiger partial charge in [-0.1, -0.05) is 72.5 Å². The fourth-order valence-electron chi connectivity index (χ4n) is 10.3. The number of allylic oxidation sites excluding steroid dienone is 1. The number of pyridine rings is 1. The lowest BCUT2D eigenvalue weighted by Crippen LogP contribution is -2.51. The van der Waals surface area contributed by atoms with Crippen molar-refractivity contribution in [2.24, 2.45) is 46.3 Å². The molecule has 0 spiro atoms. The molecule has 224 valence electrons. The summed E-state index contributed by atoms with van der Waals surface area (Å²) < 4.78 is 6.64. The molecule has 4 aliphatic carbocycles. The molecule has 5 rings (SSSR count). The van der Waals surface area contributed by atoms with E-state index in [0.29, 0.717) is 16.9 Å². The zero-order chi connectivity index (χ0) is 28.5. The van der Waals surface area contributed by atoms with Crippen LogP contribution >= 0.6 is 0 Å². The maximum Gasteiger partial charge on any atom is 0.123 e. The summed E-state index contributed by atoms with van der Waals surface area (Å²) in [6, 6.07) is 4.23. The minimum atomic E-state index is 0.302. The van der Waals surface area contributed by atoms with Gasteiger partial charge in [-0.15, -0.1) is 0 Å². The number of fused-ring (bicyclic) bond motifs is 5. The quantitative estimate of drug-likeness (QED) is 0.257. The van der Waals surface area contributed by atoms with E-state index < -0.39 is 0 Å². The van der Waals surface area contributed by atoms with Gasteiger partial charge in [-0.2, -0.15) is 0 Å². The van der Waals surface area contributed by atoms with Crippen LogP contribution in [0.15, 0.2) is 30.0 Å². The van der Waals surface area contributed by atoms with Gasteiger partial charge in [-0.05, 0) is 117 Å². The molecule has 0 radical (unpaired) electrons. The fraction of sp³-hybridized carbons (Fsp3) is 0.811. The largest absolute Gasteiger partial charge is 0.490 e. The molecule has 40 heavy (non-hydrogen) atoms. The number of rotatable bonds is 11. The fourth-order valence-corrected chi connectivity index (χ4v) is 10.3. The van der Waals surface area contributed by atoms with E-state index in [1.54, 1.807) is 5.57 Å². The summed E-state index contributed by atoms with van der Waals surface area (Å²) in [6.45, 7) is 16.9. The minimum absolute atomic E-state index is 0.302. The van der Waals surface area contributed by atoms with Gasteiger partial charge in [0.2, 0.25) is 0 Å². The summed E-state index contributed by atoms with van der Waals surface area (Å²) in [5.74, 6) is 6.41. The molecule has 3 saturated carbocycles. The van der Waals surface area contributed by atoms with Crippen LogP contribution in [0, 0.1) is 46.3 Å². The molecule has 1 aromatic rings. The Hall–Kier alpha value is -1.35. The first-order valence-electron chi connectivity index (χ1n) is 17.1. The maximum absolute atomic E-state index is 6.64. The first-order chi connectivity index (χ1) is 19.1. The molecule has 3 heteroatoms. The van der Waals surface area contributed by atoms with E-state index in [-0.39, 0.29) is 0 Å². The van der Waals surface area contributed by atoms with Crippen molar-refractivity contribution in [2.75, 3.05) is 13.6 Å². The standard InChI is InChI=1S/C37H60N2O/c1-8-22-39(7)25-29-24-31(18-21-38-29)40-30-16-19-36(5)28(23-30)12-13-32-34-15-14-33(27(4)11-9-10-26(2)3)37(34,6)20-17-35(32)36/h12,18,21,24,26-27,30,32-35H,8-11,13-17,19-20,22-23,25H2,1-7H3/t27-,30?,32?,33-,34+,35+,36?,37?/m1/s1. The lowest BCUT2D eigenvalue weighted by atomic mass is 9.47. The van der Waals surface area contributed by atoms with Crippen LogP contribution in [-0.2, 0) is 6.54 Å². The molecule has 0 amide bonds. The van der Waals surface area contributed by atoms with E-state index in [4.69, 9.17) is 4.74 Å². The summed E-state index contributed by atoms with van der Waals surface area (Å²) in [7, 11) is 2.18. The average molecular weight is 549 g/mol. The zero-order valence-corrected chi connectivity index (χ0v) is 27.1. The van der Waals surface area contributed by atoms with Crippen molar-refractivity contribution < 1.29 is 4.74 Å². The highest BCUT2D eigenvalue weighted by molar-refractivity contribution is 5.28. The molecule has 3 nitrogen and oxygen atoms in total. The summed E-state index contributed by atoms with van der Waals surface area (Å²) in [6.07, 6.45) is 21.2. The summed E-state index contributed by atoms with van der Waals surface area (Å²) >= 11 is 0. The van der Waals surface area contributed by atoms with E-state index in [1.165, 1.54) is 70.6 Å². The molecular weight excluding hydrogens is 488 g/mol. The third-order valence-electron chi connectivity index (χ3n) is 12.4. The average Bonchev–Trinajstić information content (AvgIpc) is 3.26. The summed E-state index contributed by atoms with van der Waals surface area (Å²) in [4.78, 5) is 6.96. The Kier molecular flexibility index (Phi) is 9.40. The minimum Gasteiger partial charge on any atom is -0.490 e. The Morgan fingerprint density at radius 1 is 1.05 bits per heavy atom. The Morgan fingerprint density at radius 2 is 1.88 bits per heavy atom. The van der Waals surface area contributed by atoms with Crippen LogP contribution in [0.25, 0.3) is 0 Å². The molecule has 1 heterocycles. The van der Waals surface area contributed by atoms with Crippen LogP contribution in [0.5, 0.6) is 5.75 Å². The molecule has 3 fully saturated rings. The highest BCUT2D eigenvalue weighted by atomic mass is 16.5. The number of nitrogens with zero attached hydrogens (tertiary/aromatic N) is 2. The summed E-state index contributed by atoms with van der Waals surface area (Å²) in [5.41, 5.74) is 3.80. The third kappa shape index (κ3) is 6.06. The van der Waals surface area contributed by atoms with Crippen LogP contribution in [0.4, 0.5) is 0 Å². The van der Waals surface area contributed by atoms with E-state index in [1.807, 2.05) is 6.20 Å². The number of hydrogen-bond acceptors (Lipinski definition) is 3. The van der Waals surface area contributed by atoms with Crippen molar-refractivity contribution in [3.63, 3.8) is 0 Å². The van der Waals surface area contributed by atoms with Crippen LogP contribution in [-0.4, -0.2) is 29.6 Å². The second-order valence-electron chi connectivity index (χ2n) is 15.5. The molecule has 4 aliphatic rings. The predicted molar refractivity (Wildman–Crippen MR) is 168 cm³/mol. The van der Waals surface area contributed by atoms with Gasteiger partial charge in [-0.25, -0.2) is 0 Å². The van der Waals surface area contributed by atoms with Crippen LogP contribution < -0.4 is 4.74 Å². The van der Waals surface area contributed by atoms with Crippen molar-refractivity contribution in [2.45, 2.75) is 131 Å². The molecule has 0 saturated heterocycles. The molecule has 0 aliphatic heterocycles. The zero-order valence-electron chi connectivity index (χ0n) is 27.1. The van der Waals surface area contributed by atoms with Gasteiger partial charge < -0.3 is 9.64 Å².